The third kappa shape index (κ3) is 3.95. The zero-order valence-electron chi connectivity index (χ0n) is 12.2. The maximum Gasteiger partial charge on any atom is 0.245 e. The number of hydrogen-bond acceptors (Lipinski definition) is 2. The summed E-state index contributed by atoms with van der Waals surface area (Å²) in [6, 6.07) is -0.301. The van der Waals surface area contributed by atoms with Crippen molar-refractivity contribution in [3.05, 3.63) is 0 Å². The molecule has 1 unspecified atom stereocenters. The summed E-state index contributed by atoms with van der Waals surface area (Å²) in [7, 11) is 0. The fraction of sp³-hybridized carbons (Fsp3) is 0.867. The van der Waals surface area contributed by atoms with Crippen LogP contribution in [0.4, 0.5) is 0 Å². The summed E-state index contributed by atoms with van der Waals surface area (Å²) in [5.41, 5.74) is 0. The molecule has 1 saturated heterocycles. The first-order chi connectivity index (χ1) is 9.06. The molecule has 2 fully saturated rings. The van der Waals surface area contributed by atoms with E-state index >= 15 is 0 Å². The van der Waals surface area contributed by atoms with Crippen molar-refractivity contribution in [1.29, 1.82) is 0 Å². The fourth-order valence-corrected chi connectivity index (χ4v) is 3.23. The summed E-state index contributed by atoms with van der Waals surface area (Å²) in [6.07, 6.45) is 7.05. The molecule has 1 saturated carbocycles. The van der Waals surface area contributed by atoms with Crippen LogP contribution >= 0.6 is 0 Å². The molecule has 19 heavy (non-hydrogen) atoms. The van der Waals surface area contributed by atoms with Crippen LogP contribution in [0.3, 0.4) is 0 Å². The van der Waals surface area contributed by atoms with Crippen LogP contribution in [-0.2, 0) is 9.59 Å². The van der Waals surface area contributed by atoms with Crippen molar-refractivity contribution in [3.8, 4) is 0 Å². The lowest BCUT2D eigenvalue weighted by Gasteiger charge is -2.33. The summed E-state index contributed by atoms with van der Waals surface area (Å²) < 4.78 is 0. The third-order valence-electron chi connectivity index (χ3n) is 4.27. The van der Waals surface area contributed by atoms with Gasteiger partial charge in [0.05, 0.1) is 6.54 Å². The van der Waals surface area contributed by atoms with Crippen LogP contribution in [0.1, 0.15) is 52.4 Å². The minimum atomic E-state index is -0.301. The highest BCUT2D eigenvalue weighted by atomic mass is 16.2. The quantitative estimate of drug-likeness (QED) is 0.826. The molecular formula is C15H26N2O2. The van der Waals surface area contributed by atoms with Crippen LogP contribution < -0.4 is 5.32 Å². The topological polar surface area (TPSA) is 49.4 Å². The van der Waals surface area contributed by atoms with Gasteiger partial charge in [-0.15, -0.1) is 0 Å². The first kappa shape index (κ1) is 14.4. The van der Waals surface area contributed by atoms with E-state index in [0.717, 1.165) is 25.3 Å². The molecule has 2 amide bonds. The van der Waals surface area contributed by atoms with Crippen LogP contribution in [0, 0.1) is 11.8 Å². The van der Waals surface area contributed by atoms with Crippen molar-refractivity contribution in [3.63, 3.8) is 0 Å². The third-order valence-corrected chi connectivity index (χ3v) is 4.27. The highest BCUT2D eigenvalue weighted by Crippen LogP contribution is 2.27. The van der Waals surface area contributed by atoms with E-state index in [1.54, 1.807) is 4.90 Å². The highest BCUT2D eigenvalue weighted by molar-refractivity contribution is 5.94. The van der Waals surface area contributed by atoms with Gasteiger partial charge in [0, 0.05) is 6.54 Å². The SMILES string of the molecule is CC(C)CC1NC(=O)CN(CCC2CCCC2)C1=O. The van der Waals surface area contributed by atoms with Crippen molar-refractivity contribution in [1.82, 2.24) is 10.2 Å². The van der Waals surface area contributed by atoms with E-state index in [1.807, 2.05) is 0 Å². The van der Waals surface area contributed by atoms with Crippen LogP contribution in [0.15, 0.2) is 0 Å². The Bertz CT molecular complexity index is 335. The number of carbonyl (C=O) groups excluding carboxylic acids is 2. The van der Waals surface area contributed by atoms with Crippen molar-refractivity contribution in [2.45, 2.75) is 58.4 Å². The predicted molar refractivity (Wildman–Crippen MR) is 74.5 cm³/mol. The standard InChI is InChI=1S/C15H26N2O2/c1-11(2)9-13-15(19)17(10-14(18)16-13)8-7-12-5-3-4-6-12/h11-13H,3-10H2,1-2H3,(H,16,18). The smallest absolute Gasteiger partial charge is 0.245 e. The molecule has 0 aromatic rings. The normalized spacial score (nSPS) is 25.2. The molecule has 0 radical (unpaired) electrons. The molecule has 2 aliphatic rings. The van der Waals surface area contributed by atoms with Gasteiger partial charge in [0.2, 0.25) is 11.8 Å². The molecule has 0 aromatic heterocycles. The number of amides is 2. The van der Waals surface area contributed by atoms with E-state index in [4.69, 9.17) is 0 Å². The van der Waals surface area contributed by atoms with Gasteiger partial charge in [0.15, 0.2) is 0 Å². The van der Waals surface area contributed by atoms with E-state index in [-0.39, 0.29) is 24.4 Å². The molecule has 1 aliphatic heterocycles. The summed E-state index contributed by atoms with van der Waals surface area (Å²) in [5, 5.41) is 2.83. The molecule has 1 N–H and O–H groups in total. The Kier molecular flexibility index (Phi) is 4.83. The highest BCUT2D eigenvalue weighted by Gasteiger charge is 2.33. The molecule has 0 aromatic carbocycles. The first-order valence-corrected chi connectivity index (χ1v) is 7.64. The van der Waals surface area contributed by atoms with Crippen LogP contribution in [0.25, 0.3) is 0 Å². The summed E-state index contributed by atoms with van der Waals surface area (Å²) in [4.78, 5) is 25.8. The maximum atomic E-state index is 12.3. The van der Waals surface area contributed by atoms with Gasteiger partial charge in [-0.25, -0.2) is 0 Å². The Hall–Kier alpha value is -1.06. The van der Waals surface area contributed by atoms with Gasteiger partial charge in [-0.05, 0) is 24.7 Å². The lowest BCUT2D eigenvalue weighted by Crippen LogP contribution is -2.58. The van der Waals surface area contributed by atoms with Crippen LogP contribution in [-0.4, -0.2) is 35.8 Å². The van der Waals surface area contributed by atoms with Crippen molar-refractivity contribution in [2.75, 3.05) is 13.1 Å². The van der Waals surface area contributed by atoms with E-state index in [2.05, 4.69) is 19.2 Å². The van der Waals surface area contributed by atoms with Gasteiger partial charge in [0.1, 0.15) is 6.04 Å². The molecule has 1 heterocycles. The van der Waals surface area contributed by atoms with E-state index in [0.29, 0.717) is 5.92 Å². The monoisotopic (exact) mass is 266 g/mol. The van der Waals surface area contributed by atoms with Crippen molar-refractivity contribution >= 4 is 11.8 Å². The second-order valence-electron chi connectivity index (χ2n) is 6.45. The largest absolute Gasteiger partial charge is 0.343 e. The lowest BCUT2D eigenvalue weighted by atomic mass is 9.99. The average Bonchev–Trinajstić information content (AvgIpc) is 2.84. The average molecular weight is 266 g/mol. The maximum absolute atomic E-state index is 12.3. The van der Waals surface area contributed by atoms with Gasteiger partial charge in [-0.1, -0.05) is 39.5 Å². The van der Waals surface area contributed by atoms with Crippen LogP contribution in [0.2, 0.25) is 0 Å². The van der Waals surface area contributed by atoms with Gasteiger partial charge in [-0.2, -0.15) is 0 Å². The van der Waals surface area contributed by atoms with Crippen molar-refractivity contribution < 1.29 is 9.59 Å². The van der Waals surface area contributed by atoms with E-state index < -0.39 is 0 Å². The molecule has 1 atom stereocenters. The Morgan fingerprint density at radius 3 is 2.58 bits per heavy atom. The van der Waals surface area contributed by atoms with Crippen LogP contribution in [0.5, 0.6) is 0 Å². The number of nitrogens with one attached hydrogen (secondary N) is 1. The van der Waals surface area contributed by atoms with Crippen molar-refractivity contribution in [2.24, 2.45) is 11.8 Å². The molecular weight excluding hydrogens is 240 g/mol. The van der Waals surface area contributed by atoms with E-state index in [9.17, 15) is 9.59 Å². The van der Waals surface area contributed by atoms with Gasteiger partial charge >= 0.3 is 0 Å². The Labute approximate surface area is 115 Å². The number of hydrogen-bond donors (Lipinski definition) is 1. The molecule has 0 spiro atoms. The van der Waals surface area contributed by atoms with E-state index in [1.165, 1.54) is 25.7 Å². The first-order valence-electron chi connectivity index (χ1n) is 7.64. The Balaban J connectivity index is 1.87. The summed E-state index contributed by atoms with van der Waals surface area (Å²) >= 11 is 0. The van der Waals surface area contributed by atoms with Gasteiger partial charge in [0.25, 0.3) is 0 Å². The van der Waals surface area contributed by atoms with Gasteiger partial charge in [-0.3, -0.25) is 9.59 Å². The number of carbonyl (C=O) groups is 2. The molecule has 2 rings (SSSR count). The van der Waals surface area contributed by atoms with Gasteiger partial charge < -0.3 is 10.2 Å². The fourth-order valence-electron chi connectivity index (χ4n) is 3.23. The molecule has 4 heteroatoms. The predicted octanol–water partition coefficient (Wildman–Crippen LogP) is 1.94. The summed E-state index contributed by atoms with van der Waals surface area (Å²) in [5.74, 6) is 1.30. The second-order valence-corrected chi connectivity index (χ2v) is 6.45. The number of nitrogens with zero attached hydrogens (tertiary/aromatic N) is 1. The Morgan fingerprint density at radius 1 is 1.26 bits per heavy atom. The zero-order chi connectivity index (χ0) is 13.8. The second kappa shape index (κ2) is 6.40. The Morgan fingerprint density at radius 2 is 1.95 bits per heavy atom. The number of piperazine rings is 1. The minimum Gasteiger partial charge on any atom is -0.343 e. The molecule has 108 valence electrons. The number of rotatable bonds is 5. The summed E-state index contributed by atoms with van der Waals surface area (Å²) in [6.45, 7) is 5.17. The molecule has 4 nitrogen and oxygen atoms in total. The minimum absolute atomic E-state index is 0.00308. The zero-order valence-corrected chi connectivity index (χ0v) is 12.2. The molecule has 0 bridgehead atoms. The lowest BCUT2D eigenvalue weighted by molar-refractivity contribution is -0.144. The molecule has 1 aliphatic carbocycles.